The molecule has 3 aliphatic rings. The topological polar surface area (TPSA) is 15.3 Å². The molecule has 1 aromatic rings. The van der Waals surface area contributed by atoms with Crippen LogP contribution in [0.15, 0.2) is 18.2 Å². The summed E-state index contributed by atoms with van der Waals surface area (Å²) in [5, 5.41) is 3.54. The predicted molar refractivity (Wildman–Crippen MR) is 70.4 cm³/mol. The molecule has 0 spiro atoms. The maximum absolute atomic E-state index is 3.54. The van der Waals surface area contributed by atoms with Crippen LogP contribution in [0.2, 0.25) is 0 Å². The number of nitrogens with zero attached hydrogens (tertiary/aromatic N) is 1. The minimum Gasteiger partial charge on any atom is -0.370 e. The first-order chi connectivity index (χ1) is 8.43. The fraction of sp³-hybridized carbons (Fsp3) is 0.600. The maximum atomic E-state index is 3.54. The zero-order valence-corrected chi connectivity index (χ0v) is 10.3. The van der Waals surface area contributed by atoms with Gasteiger partial charge in [-0.1, -0.05) is 18.2 Å². The molecule has 2 heterocycles. The quantitative estimate of drug-likeness (QED) is 0.794. The average Bonchev–Trinajstić information content (AvgIpc) is 3.18. The lowest BCUT2D eigenvalue weighted by Gasteiger charge is -2.36. The van der Waals surface area contributed by atoms with Crippen LogP contribution in [-0.2, 0) is 6.54 Å². The van der Waals surface area contributed by atoms with Gasteiger partial charge in [0.15, 0.2) is 0 Å². The third-order valence-electron chi connectivity index (χ3n) is 4.64. The summed E-state index contributed by atoms with van der Waals surface area (Å²) in [6.45, 7) is 4.63. The molecule has 1 aliphatic carbocycles. The summed E-state index contributed by atoms with van der Waals surface area (Å²) in [7, 11) is 0. The van der Waals surface area contributed by atoms with Crippen molar-refractivity contribution >= 4 is 5.69 Å². The first-order valence-corrected chi connectivity index (χ1v) is 7.01. The van der Waals surface area contributed by atoms with Gasteiger partial charge in [0.1, 0.15) is 0 Å². The van der Waals surface area contributed by atoms with Gasteiger partial charge in [-0.25, -0.2) is 0 Å². The van der Waals surface area contributed by atoms with Gasteiger partial charge in [-0.2, -0.15) is 0 Å². The van der Waals surface area contributed by atoms with Gasteiger partial charge in [0.05, 0.1) is 0 Å². The predicted octanol–water partition coefficient (Wildman–Crippen LogP) is 2.49. The number of nitrogens with one attached hydrogen (secondary N) is 1. The van der Waals surface area contributed by atoms with Gasteiger partial charge in [0, 0.05) is 31.9 Å². The molecule has 0 bridgehead atoms. The van der Waals surface area contributed by atoms with E-state index >= 15 is 0 Å². The molecule has 1 atom stereocenters. The van der Waals surface area contributed by atoms with Crippen molar-refractivity contribution in [1.29, 1.82) is 0 Å². The highest BCUT2D eigenvalue weighted by molar-refractivity contribution is 5.63. The average molecular weight is 228 g/mol. The number of para-hydroxylation sites is 1. The van der Waals surface area contributed by atoms with Crippen LogP contribution in [-0.4, -0.2) is 19.6 Å². The largest absolute Gasteiger partial charge is 0.370 e. The van der Waals surface area contributed by atoms with Crippen LogP contribution >= 0.6 is 0 Å². The standard InChI is InChI=1S/C15H20N2/c1-2-12-10-16-7-9-17-8-6-13(11-4-5-11)14(3-1)15(12)17/h1-3,11,13,16H,4-10H2/t13-/m0/s1. The molecule has 1 fully saturated rings. The third kappa shape index (κ3) is 1.58. The Morgan fingerprint density at radius 3 is 2.94 bits per heavy atom. The Bertz CT molecular complexity index is 437. The van der Waals surface area contributed by atoms with E-state index in [1.165, 1.54) is 37.9 Å². The van der Waals surface area contributed by atoms with E-state index in [9.17, 15) is 0 Å². The molecular weight excluding hydrogens is 208 g/mol. The molecule has 0 amide bonds. The highest BCUT2D eigenvalue weighted by Gasteiger charge is 2.37. The molecule has 2 heteroatoms. The highest BCUT2D eigenvalue weighted by atomic mass is 15.2. The zero-order valence-electron chi connectivity index (χ0n) is 10.3. The van der Waals surface area contributed by atoms with E-state index < -0.39 is 0 Å². The van der Waals surface area contributed by atoms with Crippen LogP contribution in [0.5, 0.6) is 0 Å². The van der Waals surface area contributed by atoms with E-state index in [2.05, 4.69) is 28.4 Å². The monoisotopic (exact) mass is 228 g/mol. The van der Waals surface area contributed by atoms with E-state index in [1.807, 2.05) is 0 Å². The van der Waals surface area contributed by atoms with Gasteiger partial charge in [-0.15, -0.1) is 0 Å². The summed E-state index contributed by atoms with van der Waals surface area (Å²) in [5.41, 5.74) is 4.76. The Morgan fingerprint density at radius 1 is 1.12 bits per heavy atom. The molecule has 1 saturated carbocycles. The van der Waals surface area contributed by atoms with Crippen molar-refractivity contribution in [3.63, 3.8) is 0 Å². The van der Waals surface area contributed by atoms with Gasteiger partial charge < -0.3 is 10.2 Å². The molecule has 4 rings (SSSR count). The summed E-state index contributed by atoms with van der Waals surface area (Å²) in [5.74, 6) is 1.86. The SMILES string of the molecule is c1cc2c3c(c1)[C@H](C1CC1)CCN3CCNC2. The molecular formula is C15H20N2. The van der Waals surface area contributed by atoms with Crippen molar-refractivity contribution < 1.29 is 0 Å². The van der Waals surface area contributed by atoms with E-state index in [4.69, 9.17) is 0 Å². The first-order valence-electron chi connectivity index (χ1n) is 7.01. The van der Waals surface area contributed by atoms with Crippen LogP contribution < -0.4 is 10.2 Å². The van der Waals surface area contributed by atoms with E-state index in [0.29, 0.717) is 0 Å². The second-order valence-electron chi connectivity index (χ2n) is 5.75. The fourth-order valence-electron chi connectivity index (χ4n) is 3.65. The van der Waals surface area contributed by atoms with Gasteiger partial charge in [0.2, 0.25) is 0 Å². The number of rotatable bonds is 1. The highest BCUT2D eigenvalue weighted by Crippen LogP contribution is 2.50. The molecule has 2 aliphatic heterocycles. The lowest BCUT2D eigenvalue weighted by atomic mass is 9.85. The Labute approximate surface area is 103 Å². The minimum absolute atomic E-state index is 0.860. The summed E-state index contributed by atoms with van der Waals surface area (Å²) in [6, 6.07) is 6.96. The lowest BCUT2D eigenvalue weighted by Crippen LogP contribution is -2.34. The fourth-order valence-corrected chi connectivity index (χ4v) is 3.65. The van der Waals surface area contributed by atoms with Gasteiger partial charge in [-0.05, 0) is 42.2 Å². The normalized spacial score (nSPS) is 27.5. The first kappa shape index (κ1) is 9.95. The number of benzene rings is 1. The molecule has 0 saturated heterocycles. The maximum Gasteiger partial charge on any atom is 0.0447 e. The molecule has 0 unspecified atom stereocenters. The van der Waals surface area contributed by atoms with Crippen LogP contribution in [0.25, 0.3) is 0 Å². The van der Waals surface area contributed by atoms with Crippen LogP contribution in [0.1, 0.15) is 36.3 Å². The summed E-state index contributed by atoms with van der Waals surface area (Å²) in [6.07, 6.45) is 4.31. The number of hydrogen-bond donors (Lipinski definition) is 1. The number of hydrogen-bond acceptors (Lipinski definition) is 2. The Hall–Kier alpha value is -1.02. The molecule has 90 valence electrons. The van der Waals surface area contributed by atoms with Crippen LogP contribution in [0, 0.1) is 5.92 Å². The molecule has 1 N–H and O–H groups in total. The van der Waals surface area contributed by atoms with E-state index in [-0.39, 0.29) is 0 Å². The molecule has 0 aromatic heterocycles. The van der Waals surface area contributed by atoms with E-state index in [0.717, 1.165) is 24.9 Å². The zero-order chi connectivity index (χ0) is 11.2. The van der Waals surface area contributed by atoms with Gasteiger partial charge in [0.25, 0.3) is 0 Å². The molecule has 17 heavy (non-hydrogen) atoms. The van der Waals surface area contributed by atoms with Crippen LogP contribution in [0.3, 0.4) is 0 Å². The van der Waals surface area contributed by atoms with Crippen molar-refractivity contribution in [2.45, 2.75) is 31.7 Å². The lowest BCUT2D eigenvalue weighted by molar-refractivity contribution is 0.524. The van der Waals surface area contributed by atoms with Crippen molar-refractivity contribution in [3.05, 3.63) is 29.3 Å². The van der Waals surface area contributed by atoms with Crippen molar-refractivity contribution in [2.75, 3.05) is 24.5 Å². The second kappa shape index (κ2) is 3.74. The Kier molecular flexibility index (Phi) is 2.19. The smallest absolute Gasteiger partial charge is 0.0447 e. The molecule has 1 aromatic carbocycles. The van der Waals surface area contributed by atoms with E-state index in [1.54, 1.807) is 11.3 Å². The summed E-state index contributed by atoms with van der Waals surface area (Å²) in [4.78, 5) is 2.61. The number of anilines is 1. The second-order valence-corrected chi connectivity index (χ2v) is 5.75. The summed E-state index contributed by atoms with van der Waals surface area (Å²) < 4.78 is 0. The Balaban J connectivity index is 1.83. The van der Waals surface area contributed by atoms with Crippen molar-refractivity contribution in [2.24, 2.45) is 5.92 Å². The van der Waals surface area contributed by atoms with Gasteiger partial charge in [-0.3, -0.25) is 0 Å². The third-order valence-corrected chi connectivity index (χ3v) is 4.64. The molecule has 0 radical (unpaired) electrons. The van der Waals surface area contributed by atoms with Gasteiger partial charge >= 0.3 is 0 Å². The Morgan fingerprint density at radius 2 is 2.06 bits per heavy atom. The van der Waals surface area contributed by atoms with Crippen LogP contribution in [0.4, 0.5) is 5.69 Å². The summed E-state index contributed by atoms with van der Waals surface area (Å²) >= 11 is 0. The van der Waals surface area contributed by atoms with Crippen molar-refractivity contribution in [3.8, 4) is 0 Å². The molecule has 2 nitrogen and oxygen atoms in total. The van der Waals surface area contributed by atoms with Crippen molar-refractivity contribution in [1.82, 2.24) is 5.32 Å². The minimum atomic E-state index is 0.860.